The van der Waals surface area contributed by atoms with Gasteiger partial charge in [-0.15, -0.1) is 0 Å². The van der Waals surface area contributed by atoms with Gasteiger partial charge in [0, 0.05) is 35.8 Å². The molecule has 0 spiro atoms. The van der Waals surface area contributed by atoms with E-state index >= 15 is 4.39 Å². The van der Waals surface area contributed by atoms with Gasteiger partial charge in [0.05, 0.1) is 22.9 Å². The number of halogens is 5. The van der Waals surface area contributed by atoms with Crippen LogP contribution in [0, 0.1) is 5.82 Å². The summed E-state index contributed by atoms with van der Waals surface area (Å²) >= 11 is 0. The van der Waals surface area contributed by atoms with Crippen molar-refractivity contribution in [2.45, 2.75) is 43.7 Å². The van der Waals surface area contributed by atoms with Crippen LogP contribution < -0.4 is 16.6 Å². The third-order valence-electron chi connectivity index (χ3n) is 6.20. The van der Waals surface area contributed by atoms with E-state index in [0.29, 0.717) is 0 Å². The Labute approximate surface area is 196 Å². The highest BCUT2D eigenvalue weighted by molar-refractivity contribution is 5.99. The number of hydrogen-bond acceptors (Lipinski definition) is 4. The van der Waals surface area contributed by atoms with E-state index in [-0.39, 0.29) is 29.7 Å². The maximum atomic E-state index is 15.2. The number of carbonyl (C=O) groups excluding carboxylic acids is 1. The second kappa shape index (κ2) is 8.79. The van der Waals surface area contributed by atoms with Gasteiger partial charge in [-0.3, -0.25) is 14.6 Å². The van der Waals surface area contributed by atoms with Crippen LogP contribution in [0.15, 0.2) is 59.8 Å². The number of amides is 1. The lowest BCUT2D eigenvalue weighted by molar-refractivity contribution is 0.0385. The molecule has 0 aliphatic heterocycles. The smallest absolute Gasteiger partial charge is 0.301 e. The van der Waals surface area contributed by atoms with Crippen LogP contribution in [0.3, 0.4) is 0 Å². The fourth-order valence-electron chi connectivity index (χ4n) is 3.97. The summed E-state index contributed by atoms with van der Waals surface area (Å²) < 4.78 is 73.0. The number of nitrogens with two attached hydrogens (primary N) is 1. The minimum absolute atomic E-state index is 0.0651. The fourth-order valence-corrected chi connectivity index (χ4v) is 3.97. The summed E-state index contributed by atoms with van der Waals surface area (Å²) in [5.41, 5.74) is 1.24. The van der Waals surface area contributed by atoms with Gasteiger partial charge in [0.15, 0.2) is 0 Å². The molecule has 1 aliphatic carbocycles. The molecule has 1 unspecified atom stereocenters. The Balaban J connectivity index is 1.63. The van der Waals surface area contributed by atoms with Crippen molar-refractivity contribution >= 4 is 11.6 Å². The number of alkyl halides is 4. The van der Waals surface area contributed by atoms with E-state index in [1.54, 1.807) is 0 Å². The minimum atomic E-state index is -3.67. The molecule has 1 amide bonds. The van der Waals surface area contributed by atoms with Crippen molar-refractivity contribution in [2.24, 2.45) is 0 Å². The minimum Gasteiger partial charge on any atom is -0.398 e. The molecule has 1 aliphatic rings. The molecule has 1 saturated carbocycles. The summed E-state index contributed by atoms with van der Waals surface area (Å²) in [7, 11) is 0. The van der Waals surface area contributed by atoms with Crippen molar-refractivity contribution in [1.29, 1.82) is 0 Å². The lowest BCUT2D eigenvalue weighted by Gasteiger charge is -2.22. The average Bonchev–Trinajstić information content (AvgIpc) is 3.61. The van der Waals surface area contributed by atoms with Crippen molar-refractivity contribution in [3.8, 4) is 0 Å². The lowest BCUT2D eigenvalue weighted by Crippen LogP contribution is -2.37. The summed E-state index contributed by atoms with van der Waals surface area (Å²) in [4.78, 5) is 28.8. The second-order valence-corrected chi connectivity index (χ2v) is 8.47. The van der Waals surface area contributed by atoms with Gasteiger partial charge in [-0.05, 0) is 38.0 Å². The monoisotopic (exact) mass is 492 g/mol. The normalized spacial score (nSPS) is 15.6. The third kappa shape index (κ3) is 4.26. The maximum Gasteiger partial charge on any atom is 0.301 e. The highest BCUT2D eigenvalue weighted by Gasteiger charge is 2.53. The van der Waals surface area contributed by atoms with E-state index in [1.165, 1.54) is 19.1 Å². The Morgan fingerprint density at radius 2 is 1.86 bits per heavy atom. The van der Waals surface area contributed by atoms with Crippen LogP contribution in [0.2, 0.25) is 0 Å². The number of nitrogen functional groups attached to an aromatic ring is 1. The van der Waals surface area contributed by atoms with Gasteiger partial charge in [-0.2, -0.15) is 8.78 Å². The number of nitrogens with zero attached hydrogens (tertiary/aromatic N) is 2. The molecular weight excluding hydrogens is 471 g/mol. The maximum absolute atomic E-state index is 15.2. The van der Waals surface area contributed by atoms with Crippen LogP contribution in [0.25, 0.3) is 0 Å². The van der Waals surface area contributed by atoms with Gasteiger partial charge in [0.1, 0.15) is 11.4 Å². The number of carbonyl (C=O) groups is 1. The lowest BCUT2D eigenvalue weighted by atomic mass is 9.96. The summed E-state index contributed by atoms with van der Waals surface area (Å²) in [6.07, 6.45) is 0.598. The number of aromatic nitrogens is 2. The number of rotatable bonds is 7. The highest BCUT2D eigenvalue weighted by Crippen LogP contribution is 2.47. The third-order valence-corrected chi connectivity index (χ3v) is 6.20. The van der Waals surface area contributed by atoms with Crippen LogP contribution in [-0.4, -0.2) is 21.9 Å². The van der Waals surface area contributed by atoms with Crippen LogP contribution in [-0.2, 0) is 11.5 Å². The number of hydrogen-bond donors (Lipinski definition) is 2. The first-order valence-electron chi connectivity index (χ1n) is 10.7. The molecule has 6 nitrogen and oxygen atoms in total. The zero-order chi connectivity index (χ0) is 25.5. The van der Waals surface area contributed by atoms with E-state index in [4.69, 9.17) is 5.73 Å². The molecule has 2 heterocycles. The molecule has 3 N–H and O–H groups in total. The molecule has 1 atom stereocenters. The predicted molar refractivity (Wildman–Crippen MR) is 118 cm³/mol. The van der Waals surface area contributed by atoms with E-state index in [2.05, 4.69) is 10.3 Å². The van der Waals surface area contributed by atoms with Crippen molar-refractivity contribution in [3.63, 3.8) is 0 Å². The van der Waals surface area contributed by atoms with E-state index in [9.17, 15) is 27.2 Å². The first-order chi connectivity index (χ1) is 16.5. The van der Waals surface area contributed by atoms with Crippen LogP contribution in [0.1, 0.15) is 52.9 Å². The summed E-state index contributed by atoms with van der Waals surface area (Å²) in [5.74, 6) is -5.75. The second-order valence-electron chi connectivity index (χ2n) is 8.47. The van der Waals surface area contributed by atoms with E-state index in [1.807, 2.05) is 0 Å². The standard InChI is InChI=1S/C24H21F5N4O2/c1-13(15-3-2-4-17(20(15)25)24(28,29)14-5-9-31-10-6-14)32-21(35)16-12-33(19(34)11-18(16)30)23(7-8-23)22(26)27/h2-6,9-13,22H,7-8,30H2,1H3,(H,32,35). The largest absolute Gasteiger partial charge is 0.398 e. The van der Waals surface area contributed by atoms with Gasteiger partial charge >= 0.3 is 5.92 Å². The topological polar surface area (TPSA) is 90.0 Å². The zero-order valence-corrected chi connectivity index (χ0v) is 18.4. The van der Waals surface area contributed by atoms with Gasteiger partial charge in [0.25, 0.3) is 17.9 Å². The molecule has 2 aromatic heterocycles. The Morgan fingerprint density at radius 1 is 1.20 bits per heavy atom. The quantitative estimate of drug-likeness (QED) is 0.480. The summed E-state index contributed by atoms with van der Waals surface area (Å²) in [6.45, 7) is 1.37. The molecule has 1 aromatic carbocycles. The number of nitrogens with one attached hydrogen (secondary N) is 1. The predicted octanol–water partition coefficient (Wildman–Crippen LogP) is 4.35. The molecule has 0 radical (unpaired) electrons. The molecule has 11 heteroatoms. The van der Waals surface area contributed by atoms with Crippen molar-refractivity contribution < 1.29 is 26.7 Å². The molecule has 1 fully saturated rings. The van der Waals surface area contributed by atoms with Crippen LogP contribution in [0.4, 0.5) is 27.6 Å². The summed E-state index contributed by atoms with van der Waals surface area (Å²) in [6, 6.07) is 5.34. The van der Waals surface area contributed by atoms with Crippen LogP contribution in [0.5, 0.6) is 0 Å². The van der Waals surface area contributed by atoms with Crippen molar-refractivity contribution in [2.75, 3.05) is 5.73 Å². The van der Waals surface area contributed by atoms with Gasteiger partial charge in [0.2, 0.25) is 0 Å². The van der Waals surface area contributed by atoms with Gasteiger partial charge in [-0.1, -0.05) is 12.1 Å². The molecule has 35 heavy (non-hydrogen) atoms. The van der Waals surface area contributed by atoms with Gasteiger partial charge in [-0.25, -0.2) is 13.2 Å². The molecular formula is C24H21F5N4O2. The highest BCUT2D eigenvalue weighted by atomic mass is 19.3. The van der Waals surface area contributed by atoms with E-state index < -0.39 is 52.3 Å². The summed E-state index contributed by atoms with van der Waals surface area (Å²) in [5, 5.41) is 2.44. The number of anilines is 1. The van der Waals surface area contributed by atoms with Crippen molar-refractivity contribution in [3.05, 3.63) is 93.4 Å². The Kier molecular flexibility index (Phi) is 6.12. The molecule has 184 valence electrons. The fraction of sp³-hybridized carbons (Fsp3) is 0.292. The SMILES string of the molecule is CC(NC(=O)c1cn(C2(C(F)F)CC2)c(=O)cc1N)c1cccc(C(F)(F)c2ccncc2)c1F. The molecule has 0 saturated heterocycles. The number of pyridine rings is 2. The van der Waals surface area contributed by atoms with Crippen LogP contribution >= 0.6 is 0 Å². The van der Waals surface area contributed by atoms with Crippen molar-refractivity contribution in [1.82, 2.24) is 14.9 Å². The molecule has 0 bridgehead atoms. The Bertz CT molecular complexity index is 1320. The molecule has 3 aromatic rings. The molecule has 4 rings (SSSR count). The zero-order valence-electron chi connectivity index (χ0n) is 18.4. The van der Waals surface area contributed by atoms with Gasteiger partial charge < -0.3 is 15.6 Å². The average molecular weight is 492 g/mol. The first-order valence-corrected chi connectivity index (χ1v) is 10.7. The van der Waals surface area contributed by atoms with E-state index in [0.717, 1.165) is 47.4 Å². The Hall–Kier alpha value is -3.76. The first kappa shape index (κ1) is 24.4. The Morgan fingerprint density at radius 3 is 2.46 bits per heavy atom. The number of benzene rings is 1.